The summed E-state index contributed by atoms with van der Waals surface area (Å²) in [5.41, 5.74) is 1.72. The molecule has 3 aliphatic rings. The van der Waals surface area contributed by atoms with Crippen LogP contribution in [0, 0.1) is 5.82 Å². The van der Waals surface area contributed by atoms with Crippen LogP contribution in [0.15, 0.2) is 23.3 Å². The van der Waals surface area contributed by atoms with E-state index in [-0.39, 0.29) is 11.6 Å². The second kappa shape index (κ2) is 5.42. The van der Waals surface area contributed by atoms with Gasteiger partial charge in [-0.3, -0.25) is 14.4 Å². The Morgan fingerprint density at radius 1 is 1.12 bits per heavy atom. The minimum atomic E-state index is -1.06. The molecule has 1 aliphatic carbocycles. The lowest BCUT2D eigenvalue weighted by molar-refractivity contribution is -0.121. The Morgan fingerprint density at radius 3 is 2.28 bits per heavy atom. The zero-order valence-electron chi connectivity index (χ0n) is 13.9. The molecular weight excluding hydrogens is 343 g/mol. The average Bonchev–Trinajstić information content (AvgIpc) is 3.02. The molecule has 0 saturated heterocycles. The predicted molar refractivity (Wildman–Crippen MR) is 93.9 cm³/mol. The van der Waals surface area contributed by atoms with E-state index in [4.69, 9.17) is 0 Å². The van der Waals surface area contributed by atoms with E-state index in [1.54, 1.807) is 13.2 Å². The van der Waals surface area contributed by atoms with Gasteiger partial charge in [0.05, 0.1) is 5.69 Å². The first kappa shape index (κ1) is 16.3. The SMILES string of the molecule is CSC1(C)C(=O)Nc2ccc(F)c(N3C(=O)C4=C(CCCC4)C3=O)c21. The van der Waals surface area contributed by atoms with Gasteiger partial charge in [0, 0.05) is 22.4 Å². The van der Waals surface area contributed by atoms with Crippen LogP contribution in [-0.2, 0) is 19.1 Å². The zero-order chi connectivity index (χ0) is 17.9. The molecule has 0 fully saturated rings. The smallest absolute Gasteiger partial charge is 0.261 e. The number of carbonyl (C=O) groups is 3. The van der Waals surface area contributed by atoms with Crippen LogP contribution in [0.1, 0.15) is 38.2 Å². The molecule has 3 amide bonds. The molecule has 1 N–H and O–H groups in total. The van der Waals surface area contributed by atoms with Crippen LogP contribution in [0.25, 0.3) is 0 Å². The Bertz CT molecular complexity index is 851. The van der Waals surface area contributed by atoms with Crippen molar-refractivity contribution in [1.82, 2.24) is 0 Å². The standard InChI is InChI=1S/C18H17FN2O3S/c1-18(25-2)13-12(20-17(18)24)8-7-11(19)14(13)21-15(22)9-5-3-4-6-10(9)16(21)23/h7-8H,3-6H2,1-2H3,(H,20,24). The zero-order valence-corrected chi connectivity index (χ0v) is 14.8. The van der Waals surface area contributed by atoms with Crippen LogP contribution in [-0.4, -0.2) is 24.0 Å². The molecule has 7 heteroatoms. The molecule has 0 saturated carbocycles. The first-order chi connectivity index (χ1) is 11.9. The first-order valence-electron chi connectivity index (χ1n) is 8.20. The molecule has 0 bridgehead atoms. The molecule has 2 heterocycles. The van der Waals surface area contributed by atoms with Gasteiger partial charge in [0.2, 0.25) is 5.91 Å². The number of anilines is 2. The number of thioether (sulfide) groups is 1. The lowest BCUT2D eigenvalue weighted by Crippen LogP contribution is -2.35. The summed E-state index contributed by atoms with van der Waals surface area (Å²) in [5, 5.41) is 2.73. The highest BCUT2D eigenvalue weighted by molar-refractivity contribution is 8.00. The van der Waals surface area contributed by atoms with Crippen LogP contribution in [0.4, 0.5) is 15.8 Å². The molecule has 25 heavy (non-hydrogen) atoms. The van der Waals surface area contributed by atoms with Gasteiger partial charge in [0.15, 0.2) is 0 Å². The molecule has 0 aromatic heterocycles. The number of benzene rings is 1. The van der Waals surface area contributed by atoms with Gasteiger partial charge in [0.1, 0.15) is 10.6 Å². The van der Waals surface area contributed by atoms with Gasteiger partial charge in [-0.2, -0.15) is 0 Å². The van der Waals surface area contributed by atoms with Gasteiger partial charge in [0.25, 0.3) is 11.8 Å². The van der Waals surface area contributed by atoms with Crippen molar-refractivity contribution in [2.45, 2.75) is 37.4 Å². The van der Waals surface area contributed by atoms with Crippen LogP contribution in [0.3, 0.4) is 0 Å². The molecule has 1 unspecified atom stereocenters. The Balaban J connectivity index is 1.92. The highest BCUT2D eigenvalue weighted by Gasteiger charge is 2.49. The van der Waals surface area contributed by atoms with E-state index in [1.165, 1.54) is 23.9 Å². The number of hydrogen-bond donors (Lipinski definition) is 1. The molecule has 1 aromatic carbocycles. The number of imide groups is 1. The van der Waals surface area contributed by atoms with Crippen molar-refractivity contribution >= 4 is 40.9 Å². The summed E-state index contributed by atoms with van der Waals surface area (Å²) in [6, 6.07) is 2.67. The third kappa shape index (κ3) is 2.05. The second-order valence-electron chi connectivity index (χ2n) is 6.62. The molecule has 1 atom stereocenters. The van der Waals surface area contributed by atoms with E-state index in [0.717, 1.165) is 17.7 Å². The quantitative estimate of drug-likeness (QED) is 0.823. The number of nitrogens with one attached hydrogen (secondary N) is 1. The van der Waals surface area contributed by atoms with E-state index in [2.05, 4.69) is 5.32 Å². The van der Waals surface area contributed by atoms with E-state index >= 15 is 0 Å². The molecule has 0 radical (unpaired) electrons. The number of nitrogens with zero attached hydrogens (tertiary/aromatic N) is 1. The van der Waals surface area contributed by atoms with E-state index in [9.17, 15) is 18.8 Å². The fraction of sp³-hybridized carbons (Fsp3) is 0.389. The summed E-state index contributed by atoms with van der Waals surface area (Å²) in [5.74, 6) is -1.85. The van der Waals surface area contributed by atoms with E-state index < -0.39 is 22.4 Å². The normalized spacial score (nSPS) is 25.4. The van der Waals surface area contributed by atoms with Crippen molar-refractivity contribution in [2.75, 3.05) is 16.5 Å². The number of halogens is 1. The molecule has 0 spiro atoms. The highest BCUT2D eigenvalue weighted by Crippen LogP contribution is 2.51. The maximum Gasteiger partial charge on any atom is 0.261 e. The second-order valence-corrected chi connectivity index (χ2v) is 7.84. The number of carbonyl (C=O) groups excluding carboxylic acids is 3. The molecule has 2 aliphatic heterocycles. The average molecular weight is 360 g/mol. The molecule has 5 nitrogen and oxygen atoms in total. The predicted octanol–water partition coefficient (Wildman–Crippen LogP) is 3.10. The van der Waals surface area contributed by atoms with E-state index in [0.29, 0.717) is 35.2 Å². The van der Waals surface area contributed by atoms with Gasteiger partial charge >= 0.3 is 0 Å². The van der Waals surface area contributed by atoms with Crippen LogP contribution < -0.4 is 10.2 Å². The molecule has 1 aromatic rings. The van der Waals surface area contributed by atoms with Crippen molar-refractivity contribution < 1.29 is 18.8 Å². The maximum absolute atomic E-state index is 14.8. The third-order valence-corrected chi connectivity index (χ3v) is 6.52. The van der Waals surface area contributed by atoms with E-state index in [1.807, 2.05) is 0 Å². The fourth-order valence-electron chi connectivity index (χ4n) is 3.86. The van der Waals surface area contributed by atoms with Crippen LogP contribution in [0.2, 0.25) is 0 Å². The summed E-state index contributed by atoms with van der Waals surface area (Å²) in [4.78, 5) is 39.1. The van der Waals surface area contributed by atoms with Crippen molar-refractivity contribution in [1.29, 1.82) is 0 Å². The minimum Gasteiger partial charge on any atom is -0.324 e. The minimum absolute atomic E-state index is 0.0860. The Labute approximate surface area is 148 Å². The summed E-state index contributed by atoms with van der Waals surface area (Å²) in [6.45, 7) is 1.68. The monoisotopic (exact) mass is 360 g/mol. The topological polar surface area (TPSA) is 66.5 Å². The Kier molecular flexibility index (Phi) is 3.54. The lowest BCUT2D eigenvalue weighted by Gasteiger charge is -2.26. The van der Waals surface area contributed by atoms with Crippen molar-refractivity contribution in [3.63, 3.8) is 0 Å². The Hall–Kier alpha value is -2.15. The van der Waals surface area contributed by atoms with Gasteiger partial charge in [-0.1, -0.05) is 0 Å². The largest absolute Gasteiger partial charge is 0.324 e. The summed E-state index contributed by atoms with van der Waals surface area (Å²) in [7, 11) is 0. The van der Waals surface area contributed by atoms with Crippen LogP contribution >= 0.6 is 11.8 Å². The van der Waals surface area contributed by atoms with Gasteiger partial charge in [-0.05, 0) is 51.0 Å². The molecule has 130 valence electrons. The lowest BCUT2D eigenvalue weighted by atomic mass is 9.93. The van der Waals surface area contributed by atoms with Gasteiger partial charge in [-0.15, -0.1) is 11.8 Å². The van der Waals surface area contributed by atoms with Crippen molar-refractivity contribution in [3.8, 4) is 0 Å². The summed E-state index contributed by atoms with van der Waals surface area (Å²) in [6.07, 6.45) is 4.54. The summed E-state index contributed by atoms with van der Waals surface area (Å²) >= 11 is 1.25. The Morgan fingerprint density at radius 2 is 1.72 bits per heavy atom. The van der Waals surface area contributed by atoms with Crippen LogP contribution in [0.5, 0.6) is 0 Å². The van der Waals surface area contributed by atoms with Crippen molar-refractivity contribution in [2.24, 2.45) is 0 Å². The number of rotatable bonds is 2. The number of amides is 3. The molecule has 4 rings (SSSR count). The maximum atomic E-state index is 14.8. The van der Waals surface area contributed by atoms with Gasteiger partial charge < -0.3 is 5.32 Å². The highest BCUT2D eigenvalue weighted by atomic mass is 32.2. The molecular formula is C18H17FN2O3S. The third-order valence-electron chi connectivity index (χ3n) is 5.31. The summed E-state index contributed by atoms with van der Waals surface area (Å²) < 4.78 is 13.8. The number of hydrogen-bond acceptors (Lipinski definition) is 4. The number of fused-ring (bicyclic) bond motifs is 1. The van der Waals surface area contributed by atoms with Crippen molar-refractivity contribution in [3.05, 3.63) is 34.7 Å². The van der Waals surface area contributed by atoms with Gasteiger partial charge in [-0.25, -0.2) is 9.29 Å². The first-order valence-corrected chi connectivity index (χ1v) is 9.43. The fourth-order valence-corrected chi connectivity index (χ4v) is 4.51.